The molecule has 2 atom stereocenters. The molecule has 2 aromatic carbocycles. The zero-order valence-electron chi connectivity index (χ0n) is 13.5. The highest BCUT2D eigenvalue weighted by molar-refractivity contribution is 6.71. The molecule has 2 nitrogen and oxygen atoms in total. The number of Topliss-reactive ketones (excluding diaryl/α,β-unsaturated/α-hetero) is 1. The third-order valence-corrected chi connectivity index (χ3v) is 6.85. The highest BCUT2D eigenvalue weighted by Crippen LogP contribution is 2.41. The van der Waals surface area contributed by atoms with Crippen LogP contribution >= 0.6 is 0 Å². The van der Waals surface area contributed by atoms with Gasteiger partial charge >= 0.3 is 0 Å². The third kappa shape index (κ3) is 3.59. The molecule has 3 rings (SSSR count). The zero-order chi connectivity index (χ0) is 16.4. The first-order valence-corrected chi connectivity index (χ1v) is 11.1. The first-order chi connectivity index (χ1) is 11.0. The van der Waals surface area contributed by atoms with Gasteiger partial charge in [-0.25, -0.2) is 4.39 Å². The molecule has 2 unspecified atom stereocenters. The van der Waals surface area contributed by atoms with Crippen LogP contribution in [0.4, 0.5) is 4.39 Å². The van der Waals surface area contributed by atoms with Crippen LogP contribution in [0.3, 0.4) is 0 Å². The maximum Gasteiger partial charge on any atom is 0.187 e. The van der Waals surface area contributed by atoms with Gasteiger partial charge in [0.15, 0.2) is 14.1 Å². The average Bonchev–Trinajstić information content (AvgIpc) is 2.55. The van der Waals surface area contributed by atoms with Gasteiger partial charge in [-0.3, -0.25) is 4.79 Å². The Bertz CT molecular complexity index is 682. The molecule has 0 aromatic heterocycles. The van der Waals surface area contributed by atoms with Gasteiger partial charge in [-0.1, -0.05) is 42.5 Å². The lowest BCUT2D eigenvalue weighted by Crippen LogP contribution is -2.42. The van der Waals surface area contributed by atoms with Crippen molar-refractivity contribution in [3.05, 3.63) is 71.5 Å². The van der Waals surface area contributed by atoms with Crippen LogP contribution < -0.4 is 0 Å². The molecular formula is C19H21FO2Si. The third-order valence-electron chi connectivity index (χ3n) is 4.46. The Hall–Kier alpha value is -1.78. The molecule has 120 valence electrons. The van der Waals surface area contributed by atoms with Gasteiger partial charge in [0.05, 0.1) is 12.0 Å². The van der Waals surface area contributed by atoms with Crippen molar-refractivity contribution >= 4 is 14.1 Å². The van der Waals surface area contributed by atoms with Crippen LogP contribution in [0.1, 0.15) is 28.4 Å². The number of carbonyl (C=O) groups is 1. The van der Waals surface area contributed by atoms with E-state index in [1.54, 1.807) is 12.1 Å². The molecule has 1 saturated heterocycles. The molecule has 0 saturated carbocycles. The molecule has 1 aliphatic heterocycles. The van der Waals surface area contributed by atoms with E-state index in [9.17, 15) is 9.18 Å². The van der Waals surface area contributed by atoms with Crippen molar-refractivity contribution in [3.63, 3.8) is 0 Å². The van der Waals surface area contributed by atoms with Crippen molar-refractivity contribution in [2.45, 2.75) is 31.7 Å². The van der Waals surface area contributed by atoms with Gasteiger partial charge in [0, 0.05) is 5.56 Å². The van der Waals surface area contributed by atoms with Crippen molar-refractivity contribution in [3.8, 4) is 0 Å². The SMILES string of the molecule is C[Si]1(C)CCC(C(=O)c2ccccc2)C(c2ccc(F)cc2)O1. The van der Waals surface area contributed by atoms with Crippen molar-refractivity contribution in [1.82, 2.24) is 0 Å². The summed E-state index contributed by atoms with van der Waals surface area (Å²) < 4.78 is 19.6. The van der Waals surface area contributed by atoms with Crippen LogP contribution in [0.25, 0.3) is 0 Å². The largest absolute Gasteiger partial charge is 0.410 e. The number of halogens is 1. The van der Waals surface area contributed by atoms with Crippen LogP contribution in [-0.2, 0) is 4.43 Å². The van der Waals surface area contributed by atoms with Crippen LogP contribution in [0.5, 0.6) is 0 Å². The second kappa shape index (κ2) is 6.38. The fraction of sp³-hybridized carbons (Fsp3) is 0.316. The summed E-state index contributed by atoms with van der Waals surface area (Å²) in [5.41, 5.74) is 1.61. The minimum absolute atomic E-state index is 0.115. The Balaban J connectivity index is 1.93. The summed E-state index contributed by atoms with van der Waals surface area (Å²) in [6.07, 6.45) is 0.549. The van der Waals surface area contributed by atoms with E-state index in [-0.39, 0.29) is 23.6 Å². The summed E-state index contributed by atoms with van der Waals surface area (Å²) in [5.74, 6) is -0.361. The van der Waals surface area contributed by atoms with E-state index in [1.807, 2.05) is 30.3 Å². The summed E-state index contributed by atoms with van der Waals surface area (Å²) in [6.45, 7) is 4.35. The Morgan fingerprint density at radius 1 is 1.09 bits per heavy atom. The second-order valence-corrected chi connectivity index (χ2v) is 11.0. The standard InChI is InChI=1S/C19H21FO2Si/c1-23(2)13-12-17(18(21)14-6-4-3-5-7-14)19(22-23)15-8-10-16(20)11-9-15/h3-11,17,19H,12-13H2,1-2H3. The predicted molar refractivity (Wildman–Crippen MR) is 91.4 cm³/mol. The predicted octanol–water partition coefficient (Wildman–Crippen LogP) is 4.99. The summed E-state index contributed by atoms with van der Waals surface area (Å²) >= 11 is 0. The molecule has 23 heavy (non-hydrogen) atoms. The molecule has 0 amide bonds. The van der Waals surface area contributed by atoms with Gasteiger partial charge in [-0.05, 0) is 43.3 Å². The molecule has 1 fully saturated rings. The van der Waals surface area contributed by atoms with E-state index >= 15 is 0 Å². The highest BCUT2D eigenvalue weighted by atomic mass is 28.4. The smallest absolute Gasteiger partial charge is 0.187 e. The molecule has 0 radical (unpaired) electrons. The number of hydrogen-bond acceptors (Lipinski definition) is 2. The maximum absolute atomic E-state index is 13.2. The summed E-state index contributed by atoms with van der Waals surface area (Å²) in [5, 5.41) is 0. The molecular weight excluding hydrogens is 307 g/mol. The van der Waals surface area contributed by atoms with Crippen LogP contribution in [0, 0.1) is 11.7 Å². The van der Waals surface area contributed by atoms with E-state index < -0.39 is 8.32 Å². The van der Waals surface area contributed by atoms with E-state index in [0.717, 1.165) is 23.6 Å². The lowest BCUT2D eigenvalue weighted by Gasteiger charge is -2.40. The molecule has 1 heterocycles. The van der Waals surface area contributed by atoms with Gasteiger partial charge < -0.3 is 4.43 Å². The highest BCUT2D eigenvalue weighted by Gasteiger charge is 2.41. The number of ketones is 1. The fourth-order valence-corrected chi connectivity index (χ4v) is 5.29. The molecule has 0 aliphatic carbocycles. The lowest BCUT2D eigenvalue weighted by molar-refractivity contribution is 0.0643. The molecule has 4 heteroatoms. The van der Waals surface area contributed by atoms with Crippen molar-refractivity contribution < 1.29 is 13.6 Å². The van der Waals surface area contributed by atoms with Crippen molar-refractivity contribution in [2.75, 3.05) is 0 Å². The van der Waals surface area contributed by atoms with E-state index in [0.29, 0.717) is 0 Å². The molecule has 1 aliphatic rings. The summed E-state index contributed by atoms with van der Waals surface area (Å²) in [7, 11) is -1.78. The topological polar surface area (TPSA) is 26.3 Å². The lowest BCUT2D eigenvalue weighted by atomic mass is 9.86. The zero-order valence-corrected chi connectivity index (χ0v) is 14.5. The van der Waals surface area contributed by atoms with Gasteiger partial charge in [0.25, 0.3) is 0 Å². The number of rotatable bonds is 3. The molecule has 0 bridgehead atoms. The fourth-order valence-electron chi connectivity index (χ4n) is 3.18. The number of hydrogen-bond donors (Lipinski definition) is 0. The summed E-state index contributed by atoms with van der Waals surface area (Å²) in [6, 6.07) is 16.7. The van der Waals surface area contributed by atoms with Gasteiger partial charge in [-0.2, -0.15) is 0 Å². The number of carbonyl (C=O) groups excluding carboxylic acids is 1. The van der Waals surface area contributed by atoms with E-state index in [2.05, 4.69) is 13.1 Å². The first kappa shape index (κ1) is 16.1. The molecule has 0 N–H and O–H groups in total. The van der Waals surface area contributed by atoms with Gasteiger partial charge in [0.2, 0.25) is 0 Å². The minimum atomic E-state index is -1.78. The first-order valence-electron chi connectivity index (χ1n) is 7.99. The Morgan fingerprint density at radius 2 is 1.74 bits per heavy atom. The normalized spacial score (nSPS) is 23.4. The Kier molecular flexibility index (Phi) is 4.46. The Morgan fingerprint density at radius 3 is 2.39 bits per heavy atom. The monoisotopic (exact) mass is 328 g/mol. The summed E-state index contributed by atoms with van der Waals surface area (Å²) in [4.78, 5) is 12.9. The van der Waals surface area contributed by atoms with Crippen LogP contribution in [0.2, 0.25) is 19.1 Å². The minimum Gasteiger partial charge on any atom is -0.410 e. The average molecular weight is 328 g/mol. The van der Waals surface area contributed by atoms with Crippen molar-refractivity contribution in [1.29, 1.82) is 0 Å². The second-order valence-electron chi connectivity index (χ2n) is 6.73. The van der Waals surface area contributed by atoms with Crippen molar-refractivity contribution in [2.24, 2.45) is 5.92 Å². The van der Waals surface area contributed by atoms with Gasteiger partial charge in [-0.15, -0.1) is 0 Å². The maximum atomic E-state index is 13.2. The van der Waals surface area contributed by atoms with E-state index in [4.69, 9.17) is 4.43 Å². The van der Waals surface area contributed by atoms with Crippen LogP contribution in [0.15, 0.2) is 54.6 Å². The Labute approximate surface area is 137 Å². The quantitative estimate of drug-likeness (QED) is 0.586. The molecule has 0 spiro atoms. The number of benzene rings is 2. The van der Waals surface area contributed by atoms with Gasteiger partial charge in [0.1, 0.15) is 5.82 Å². The van der Waals surface area contributed by atoms with Crippen LogP contribution in [-0.4, -0.2) is 14.1 Å². The molecule has 2 aromatic rings. The van der Waals surface area contributed by atoms with E-state index in [1.165, 1.54) is 12.1 Å².